The van der Waals surface area contributed by atoms with Gasteiger partial charge in [0, 0.05) is 12.3 Å². The van der Waals surface area contributed by atoms with E-state index in [9.17, 15) is 0 Å². The van der Waals surface area contributed by atoms with Crippen LogP contribution >= 0.6 is 0 Å². The van der Waals surface area contributed by atoms with Crippen LogP contribution < -0.4 is 0 Å². The third kappa shape index (κ3) is 1.03. The van der Waals surface area contributed by atoms with E-state index in [0.717, 1.165) is 12.3 Å². The second-order valence-corrected chi connectivity index (χ2v) is 2.71. The second-order valence-electron chi connectivity index (χ2n) is 2.71. The van der Waals surface area contributed by atoms with E-state index in [1.807, 2.05) is 0 Å². The SMILES string of the molecule is CCC1CCCC1[OH2+]. The summed E-state index contributed by atoms with van der Waals surface area (Å²) in [7, 11) is 0. The Morgan fingerprint density at radius 3 is 2.50 bits per heavy atom. The molecule has 8 heavy (non-hydrogen) atoms. The van der Waals surface area contributed by atoms with Gasteiger partial charge in [0.1, 0.15) is 0 Å². The van der Waals surface area contributed by atoms with E-state index in [1.165, 1.54) is 19.3 Å². The molecule has 2 unspecified atom stereocenters. The van der Waals surface area contributed by atoms with Crippen molar-refractivity contribution in [3.63, 3.8) is 0 Å². The van der Waals surface area contributed by atoms with Gasteiger partial charge >= 0.3 is 0 Å². The fraction of sp³-hybridized carbons (Fsp3) is 1.00. The molecule has 0 aliphatic heterocycles. The van der Waals surface area contributed by atoms with Gasteiger partial charge < -0.3 is 5.11 Å². The van der Waals surface area contributed by atoms with Crippen molar-refractivity contribution in [2.75, 3.05) is 0 Å². The standard InChI is InChI=1S/C7H14O/c1-2-6-4-3-5-7(6)8/h6-8H,2-5H2,1H3/p+1. The average Bonchev–Trinajstić information content (AvgIpc) is 2.14. The van der Waals surface area contributed by atoms with Crippen LogP contribution in [-0.2, 0) is 0 Å². The molecule has 0 aromatic rings. The molecule has 48 valence electrons. The summed E-state index contributed by atoms with van der Waals surface area (Å²) in [5, 5.41) is 7.49. The van der Waals surface area contributed by atoms with Crippen molar-refractivity contribution in [3.05, 3.63) is 0 Å². The predicted octanol–water partition coefficient (Wildman–Crippen LogP) is 1.29. The topological polar surface area (TPSA) is 22.9 Å². The molecule has 0 aromatic carbocycles. The quantitative estimate of drug-likeness (QED) is 0.460. The molecule has 0 heterocycles. The summed E-state index contributed by atoms with van der Waals surface area (Å²) in [5.74, 6) is 0.731. The molecule has 0 spiro atoms. The lowest BCUT2D eigenvalue weighted by molar-refractivity contribution is 0.130. The van der Waals surface area contributed by atoms with E-state index < -0.39 is 0 Å². The molecule has 1 saturated carbocycles. The highest BCUT2D eigenvalue weighted by molar-refractivity contribution is 4.74. The first-order chi connectivity index (χ1) is 3.84. The predicted molar refractivity (Wildman–Crippen MR) is 35.0 cm³/mol. The van der Waals surface area contributed by atoms with Crippen LogP contribution in [0.25, 0.3) is 0 Å². The Bertz CT molecular complexity index is 70.8. The van der Waals surface area contributed by atoms with E-state index in [-0.39, 0.29) is 6.10 Å². The third-order valence-corrected chi connectivity index (χ3v) is 2.18. The maximum absolute atomic E-state index is 7.49. The third-order valence-electron chi connectivity index (χ3n) is 2.18. The molecule has 0 radical (unpaired) electrons. The van der Waals surface area contributed by atoms with Crippen molar-refractivity contribution >= 4 is 0 Å². The monoisotopic (exact) mass is 115 g/mol. The van der Waals surface area contributed by atoms with Gasteiger partial charge in [0.2, 0.25) is 0 Å². The van der Waals surface area contributed by atoms with Gasteiger partial charge in [0.25, 0.3) is 0 Å². The molecule has 1 nitrogen and oxygen atoms in total. The fourth-order valence-corrected chi connectivity index (χ4v) is 1.53. The molecule has 1 aliphatic carbocycles. The van der Waals surface area contributed by atoms with Crippen molar-refractivity contribution in [2.45, 2.75) is 38.7 Å². The Labute approximate surface area is 50.7 Å². The first-order valence-electron chi connectivity index (χ1n) is 3.55. The first-order valence-corrected chi connectivity index (χ1v) is 3.55. The van der Waals surface area contributed by atoms with Crippen molar-refractivity contribution < 1.29 is 5.11 Å². The number of hydrogen-bond acceptors (Lipinski definition) is 0. The van der Waals surface area contributed by atoms with Crippen molar-refractivity contribution in [1.29, 1.82) is 0 Å². The van der Waals surface area contributed by atoms with Gasteiger partial charge in [-0.05, 0) is 19.3 Å². The van der Waals surface area contributed by atoms with Crippen LogP contribution in [0.4, 0.5) is 0 Å². The Kier molecular flexibility index (Phi) is 1.90. The fourth-order valence-electron chi connectivity index (χ4n) is 1.53. The summed E-state index contributed by atoms with van der Waals surface area (Å²) < 4.78 is 0. The first kappa shape index (κ1) is 6.09. The largest absolute Gasteiger partial charge is 0.443 e. The summed E-state index contributed by atoms with van der Waals surface area (Å²) in [6.45, 7) is 2.19. The minimum absolute atomic E-state index is 0.278. The summed E-state index contributed by atoms with van der Waals surface area (Å²) in [5.41, 5.74) is 0. The zero-order valence-electron chi connectivity index (χ0n) is 5.48. The van der Waals surface area contributed by atoms with Crippen LogP contribution in [-0.4, -0.2) is 11.2 Å². The molecular weight excluding hydrogens is 100 g/mol. The lowest BCUT2D eigenvalue weighted by Crippen LogP contribution is -2.10. The molecule has 0 aromatic heterocycles. The normalized spacial score (nSPS) is 38.2. The summed E-state index contributed by atoms with van der Waals surface area (Å²) >= 11 is 0. The van der Waals surface area contributed by atoms with E-state index >= 15 is 0 Å². The van der Waals surface area contributed by atoms with Gasteiger partial charge in [-0.3, -0.25) is 0 Å². The molecule has 1 fully saturated rings. The maximum Gasteiger partial charge on any atom is 0.156 e. The van der Waals surface area contributed by atoms with Gasteiger partial charge in [-0.15, -0.1) is 0 Å². The minimum atomic E-state index is 0.278. The Morgan fingerprint density at radius 2 is 2.25 bits per heavy atom. The van der Waals surface area contributed by atoms with Crippen LogP contribution in [0.1, 0.15) is 32.6 Å². The van der Waals surface area contributed by atoms with Crippen LogP contribution in [0.5, 0.6) is 0 Å². The molecule has 0 bridgehead atoms. The second kappa shape index (κ2) is 2.49. The van der Waals surface area contributed by atoms with E-state index in [0.29, 0.717) is 0 Å². The molecule has 0 amide bonds. The molecule has 1 aliphatic rings. The van der Waals surface area contributed by atoms with Crippen molar-refractivity contribution in [2.24, 2.45) is 5.92 Å². The summed E-state index contributed by atoms with van der Waals surface area (Å²) in [4.78, 5) is 0. The van der Waals surface area contributed by atoms with Crippen LogP contribution in [0.3, 0.4) is 0 Å². The van der Waals surface area contributed by atoms with Gasteiger partial charge in [-0.25, -0.2) is 0 Å². The summed E-state index contributed by atoms with van der Waals surface area (Å²) in [6, 6.07) is 0. The highest BCUT2D eigenvalue weighted by atomic mass is 16.3. The molecular formula is C7H15O+. The highest BCUT2D eigenvalue weighted by Gasteiger charge is 2.26. The Morgan fingerprint density at radius 1 is 1.50 bits per heavy atom. The molecule has 0 saturated heterocycles. The van der Waals surface area contributed by atoms with E-state index in [4.69, 9.17) is 5.11 Å². The van der Waals surface area contributed by atoms with E-state index in [2.05, 4.69) is 6.92 Å². The highest BCUT2D eigenvalue weighted by Crippen LogP contribution is 2.27. The van der Waals surface area contributed by atoms with Gasteiger partial charge in [0.15, 0.2) is 6.10 Å². The Hall–Kier alpha value is -0.0400. The zero-order valence-corrected chi connectivity index (χ0v) is 5.48. The Balaban J connectivity index is 2.30. The lowest BCUT2D eigenvalue weighted by Gasteiger charge is -2.05. The van der Waals surface area contributed by atoms with Crippen LogP contribution in [0.2, 0.25) is 0 Å². The molecule has 2 atom stereocenters. The smallest absolute Gasteiger partial charge is 0.156 e. The van der Waals surface area contributed by atoms with Gasteiger partial charge in [0.05, 0.1) is 0 Å². The average molecular weight is 115 g/mol. The van der Waals surface area contributed by atoms with Crippen LogP contribution in [0, 0.1) is 5.92 Å². The van der Waals surface area contributed by atoms with E-state index in [1.54, 1.807) is 0 Å². The maximum atomic E-state index is 7.49. The summed E-state index contributed by atoms with van der Waals surface area (Å²) in [6.07, 6.45) is 5.25. The molecule has 1 rings (SSSR count). The molecule has 2 N–H and O–H groups in total. The lowest BCUT2D eigenvalue weighted by atomic mass is 10.0. The van der Waals surface area contributed by atoms with Gasteiger partial charge in [-0.1, -0.05) is 6.92 Å². The molecule has 1 heteroatoms. The van der Waals surface area contributed by atoms with Gasteiger partial charge in [-0.2, -0.15) is 0 Å². The van der Waals surface area contributed by atoms with Crippen molar-refractivity contribution in [3.8, 4) is 0 Å². The minimum Gasteiger partial charge on any atom is -0.443 e. The number of rotatable bonds is 1. The number of hydrogen-bond donors (Lipinski definition) is 0. The zero-order chi connectivity index (χ0) is 5.98. The van der Waals surface area contributed by atoms with Crippen molar-refractivity contribution in [1.82, 2.24) is 0 Å². The van der Waals surface area contributed by atoms with Crippen LogP contribution in [0.15, 0.2) is 0 Å².